The lowest BCUT2D eigenvalue weighted by atomic mass is 9.77. The van der Waals surface area contributed by atoms with Crippen LogP contribution in [0.2, 0.25) is 0 Å². The molecule has 0 saturated heterocycles. The van der Waals surface area contributed by atoms with Gasteiger partial charge in [-0.25, -0.2) is 8.42 Å². The SMILES string of the molecule is COc1cc(Cn2cccn2)cc2onc(NS(=O)(=O)CC3CC(C)C3)c12. The number of nitrogens with zero attached hydrogens (tertiary/aromatic N) is 3. The Bertz CT molecular complexity index is 1040. The molecule has 2 aromatic heterocycles. The first-order valence-corrected chi connectivity index (χ1v) is 10.5. The minimum atomic E-state index is -3.50. The molecule has 9 heteroatoms. The maximum absolute atomic E-state index is 12.5. The molecule has 0 bridgehead atoms. The van der Waals surface area contributed by atoms with E-state index in [1.165, 1.54) is 7.11 Å². The van der Waals surface area contributed by atoms with Gasteiger partial charge in [0.05, 0.1) is 19.4 Å². The molecule has 0 amide bonds. The Hall–Kier alpha value is -2.55. The summed E-state index contributed by atoms with van der Waals surface area (Å²) in [6.07, 6.45) is 5.46. The van der Waals surface area contributed by atoms with Gasteiger partial charge in [0.25, 0.3) is 0 Å². The number of anilines is 1. The Morgan fingerprint density at radius 2 is 2.19 bits per heavy atom. The van der Waals surface area contributed by atoms with E-state index >= 15 is 0 Å². The zero-order valence-electron chi connectivity index (χ0n) is 15.3. The van der Waals surface area contributed by atoms with Crippen LogP contribution in [0.4, 0.5) is 5.82 Å². The molecule has 0 radical (unpaired) electrons. The lowest BCUT2D eigenvalue weighted by molar-refractivity contribution is 0.235. The molecule has 1 aromatic carbocycles. The maximum Gasteiger partial charge on any atom is 0.234 e. The van der Waals surface area contributed by atoms with Crippen LogP contribution in [0.3, 0.4) is 0 Å². The standard InChI is InChI=1S/C18H22N4O4S/c1-12-6-14(7-12)11-27(23,24)21-18-17-15(25-2)8-13(9-16(17)26-20-18)10-22-5-3-4-19-22/h3-5,8-9,12,14H,6-7,10-11H2,1-2H3,(H,20,21). The molecule has 4 rings (SSSR count). The molecular formula is C18H22N4O4S. The van der Waals surface area contributed by atoms with Crippen LogP contribution >= 0.6 is 0 Å². The summed E-state index contributed by atoms with van der Waals surface area (Å²) < 4.78 is 40.1. The first-order chi connectivity index (χ1) is 12.9. The van der Waals surface area contributed by atoms with Crippen molar-refractivity contribution in [2.75, 3.05) is 17.6 Å². The van der Waals surface area contributed by atoms with Crippen LogP contribution in [0.5, 0.6) is 5.75 Å². The Kier molecular flexibility index (Phi) is 4.55. The normalized spacial score (nSPS) is 19.8. The van der Waals surface area contributed by atoms with Crippen LogP contribution in [0.15, 0.2) is 35.1 Å². The fourth-order valence-electron chi connectivity index (χ4n) is 3.70. The lowest BCUT2D eigenvalue weighted by Gasteiger charge is -2.32. The molecule has 2 heterocycles. The Labute approximate surface area is 157 Å². The smallest absolute Gasteiger partial charge is 0.234 e. The van der Waals surface area contributed by atoms with Gasteiger partial charge in [0, 0.05) is 12.4 Å². The highest BCUT2D eigenvalue weighted by atomic mass is 32.2. The van der Waals surface area contributed by atoms with Crippen LogP contribution in [0.25, 0.3) is 11.0 Å². The van der Waals surface area contributed by atoms with Crippen molar-refractivity contribution < 1.29 is 17.7 Å². The van der Waals surface area contributed by atoms with Crippen molar-refractivity contribution in [1.82, 2.24) is 14.9 Å². The highest BCUT2D eigenvalue weighted by molar-refractivity contribution is 7.92. The summed E-state index contributed by atoms with van der Waals surface area (Å²) in [6, 6.07) is 5.50. The topological polar surface area (TPSA) is 99.2 Å². The van der Waals surface area contributed by atoms with Crippen LogP contribution < -0.4 is 9.46 Å². The summed E-state index contributed by atoms with van der Waals surface area (Å²) >= 11 is 0. The van der Waals surface area contributed by atoms with Crippen molar-refractivity contribution in [3.63, 3.8) is 0 Å². The third-order valence-corrected chi connectivity index (χ3v) is 6.31. The van der Waals surface area contributed by atoms with Crippen molar-refractivity contribution in [1.29, 1.82) is 0 Å². The van der Waals surface area contributed by atoms with E-state index in [0.29, 0.717) is 29.2 Å². The van der Waals surface area contributed by atoms with E-state index in [4.69, 9.17) is 9.26 Å². The van der Waals surface area contributed by atoms with Crippen LogP contribution in [-0.2, 0) is 16.6 Å². The van der Waals surface area contributed by atoms with Gasteiger partial charge in [-0.15, -0.1) is 0 Å². The van der Waals surface area contributed by atoms with Crippen molar-refractivity contribution in [3.8, 4) is 5.75 Å². The zero-order chi connectivity index (χ0) is 19.0. The third-order valence-electron chi connectivity index (χ3n) is 4.90. The number of fused-ring (bicyclic) bond motifs is 1. The van der Waals surface area contributed by atoms with Gasteiger partial charge in [0.15, 0.2) is 11.4 Å². The van der Waals surface area contributed by atoms with Crippen molar-refractivity contribution in [2.45, 2.75) is 26.3 Å². The highest BCUT2D eigenvalue weighted by Crippen LogP contribution is 2.36. The summed E-state index contributed by atoms with van der Waals surface area (Å²) in [4.78, 5) is 0. The van der Waals surface area contributed by atoms with Gasteiger partial charge in [0.2, 0.25) is 10.0 Å². The van der Waals surface area contributed by atoms with Crippen LogP contribution in [0, 0.1) is 11.8 Å². The van der Waals surface area contributed by atoms with Crippen molar-refractivity contribution >= 4 is 26.8 Å². The number of aromatic nitrogens is 3. The first-order valence-electron chi connectivity index (χ1n) is 8.87. The quantitative estimate of drug-likeness (QED) is 0.666. The molecule has 0 atom stereocenters. The van der Waals surface area contributed by atoms with Gasteiger partial charge >= 0.3 is 0 Å². The van der Waals surface area contributed by atoms with Gasteiger partial charge < -0.3 is 9.26 Å². The summed E-state index contributed by atoms with van der Waals surface area (Å²) in [5, 5.41) is 8.63. The predicted octanol–water partition coefficient (Wildman–Crippen LogP) is 2.87. The molecule has 144 valence electrons. The molecule has 1 fully saturated rings. The molecule has 1 aliphatic carbocycles. The number of rotatable bonds is 7. The largest absolute Gasteiger partial charge is 0.496 e. The minimum absolute atomic E-state index is 0.103. The van der Waals surface area contributed by atoms with Gasteiger partial charge in [-0.2, -0.15) is 5.10 Å². The second kappa shape index (κ2) is 6.88. The average molecular weight is 390 g/mol. The van der Waals surface area contributed by atoms with E-state index in [-0.39, 0.29) is 17.5 Å². The minimum Gasteiger partial charge on any atom is -0.496 e. The zero-order valence-corrected chi connectivity index (χ0v) is 16.1. The Morgan fingerprint density at radius 1 is 1.37 bits per heavy atom. The van der Waals surface area contributed by atoms with Gasteiger partial charge in [-0.1, -0.05) is 12.1 Å². The van der Waals surface area contributed by atoms with E-state index in [9.17, 15) is 8.42 Å². The molecule has 27 heavy (non-hydrogen) atoms. The van der Waals surface area contributed by atoms with Crippen LogP contribution in [0.1, 0.15) is 25.3 Å². The summed E-state index contributed by atoms with van der Waals surface area (Å²) in [7, 11) is -1.96. The van der Waals surface area contributed by atoms with Crippen molar-refractivity contribution in [3.05, 3.63) is 36.2 Å². The van der Waals surface area contributed by atoms with Crippen molar-refractivity contribution in [2.24, 2.45) is 11.8 Å². The number of nitrogens with one attached hydrogen (secondary N) is 1. The molecular weight excluding hydrogens is 368 g/mol. The van der Waals surface area contributed by atoms with E-state index in [0.717, 1.165) is 18.4 Å². The Balaban J connectivity index is 1.60. The van der Waals surface area contributed by atoms with Gasteiger partial charge in [-0.05, 0) is 48.4 Å². The maximum atomic E-state index is 12.5. The number of ether oxygens (including phenoxy) is 1. The number of benzene rings is 1. The van der Waals surface area contributed by atoms with Crippen LogP contribution in [-0.4, -0.2) is 36.2 Å². The molecule has 0 aliphatic heterocycles. The Morgan fingerprint density at radius 3 is 2.85 bits per heavy atom. The highest BCUT2D eigenvalue weighted by Gasteiger charge is 2.31. The fraction of sp³-hybridized carbons (Fsp3) is 0.444. The number of hydrogen-bond donors (Lipinski definition) is 1. The summed E-state index contributed by atoms with van der Waals surface area (Å²) in [5.41, 5.74) is 1.38. The molecule has 0 spiro atoms. The van der Waals surface area contributed by atoms with Gasteiger partial charge in [-0.3, -0.25) is 9.40 Å². The second-order valence-electron chi connectivity index (χ2n) is 7.23. The summed E-state index contributed by atoms with van der Waals surface area (Å²) in [5.74, 6) is 1.58. The molecule has 1 saturated carbocycles. The molecule has 1 N–H and O–H groups in total. The monoisotopic (exact) mass is 390 g/mol. The van der Waals surface area contributed by atoms with E-state index in [1.807, 2.05) is 24.4 Å². The van der Waals surface area contributed by atoms with Gasteiger partial charge in [0.1, 0.15) is 11.1 Å². The number of methoxy groups -OCH3 is 1. The first kappa shape index (κ1) is 17.8. The third kappa shape index (κ3) is 3.78. The predicted molar refractivity (Wildman–Crippen MR) is 101 cm³/mol. The lowest BCUT2D eigenvalue weighted by Crippen LogP contribution is -2.31. The second-order valence-corrected chi connectivity index (χ2v) is 9.00. The molecule has 1 aliphatic rings. The van der Waals surface area contributed by atoms with E-state index < -0.39 is 10.0 Å². The number of sulfonamides is 1. The molecule has 3 aromatic rings. The molecule has 8 nitrogen and oxygen atoms in total. The fourth-order valence-corrected chi connectivity index (χ4v) is 5.11. The summed E-state index contributed by atoms with van der Waals surface area (Å²) in [6.45, 7) is 2.67. The molecule has 0 unspecified atom stereocenters. The van der Waals surface area contributed by atoms with E-state index in [2.05, 4.69) is 21.9 Å². The van der Waals surface area contributed by atoms with E-state index in [1.54, 1.807) is 10.9 Å². The number of hydrogen-bond acceptors (Lipinski definition) is 6. The average Bonchev–Trinajstić information content (AvgIpc) is 3.22.